The Morgan fingerprint density at radius 1 is 1.37 bits per heavy atom. The summed E-state index contributed by atoms with van der Waals surface area (Å²) in [5.41, 5.74) is 1.99. The van der Waals surface area contributed by atoms with Crippen molar-refractivity contribution < 1.29 is 14.6 Å². The summed E-state index contributed by atoms with van der Waals surface area (Å²) in [6.07, 6.45) is 1.89. The molecule has 19 heavy (non-hydrogen) atoms. The van der Waals surface area contributed by atoms with Gasteiger partial charge in [0.25, 0.3) is 0 Å². The number of carboxylic acid groups (broad SMARTS) is 1. The monoisotopic (exact) mass is 261 g/mol. The molecular formula is C15H19NO3. The van der Waals surface area contributed by atoms with E-state index in [1.807, 2.05) is 36.9 Å². The number of fused-ring (bicyclic) bond motifs is 1. The fourth-order valence-corrected chi connectivity index (χ4v) is 2.48. The Bertz CT molecular complexity index is 653. The van der Waals surface area contributed by atoms with Gasteiger partial charge in [0.2, 0.25) is 0 Å². The second kappa shape index (κ2) is 4.30. The molecule has 1 N–H and O–H groups in total. The average Bonchev–Trinajstić information content (AvgIpc) is 2.67. The van der Waals surface area contributed by atoms with Crippen molar-refractivity contribution in [1.29, 1.82) is 0 Å². The fraction of sp³-hybridized carbons (Fsp3) is 0.400. The van der Waals surface area contributed by atoms with Crippen LogP contribution in [0.4, 0.5) is 0 Å². The van der Waals surface area contributed by atoms with Gasteiger partial charge in [-0.15, -0.1) is 0 Å². The summed E-state index contributed by atoms with van der Waals surface area (Å²) in [6, 6.07) is 3.86. The van der Waals surface area contributed by atoms with Crippen LogP contribution in [0.5, 0.6) is 5.75 Å². The average molecular weight is 261 g/mol. The van der Waals surface area contributed by atoms with Crippen LogP contribution in [0.3, 0.4) is 0 Å². The number of ether oxygens (including phenoxy) is 1. The van der Waals surface area contributed by atoms with E-state index < -0.39 is 11.4 Å². The summed E-state index contributed by atoms with van der Waals surface area (Å²) in [4.78, 5) is 11.5. The molecule has 1 aromatic carbocycles. The van der Waals surface area contributed by atoms with Gasteiger partial charge in [-0.25, -0.2) is 0 Å². The lowest BCUT2D eigenvalue weighted by Gasteiger charge is -2.18. The van der Waals surface area contributed by atoms with E-state index in [-0.39, 0.29) is 0 Å². The highest BCUT2D eigenvalue weighted by molar-refractivity contribution is 5.94. The molecule has 0 aliphatic carbocycles. The lowest BCUT2D eigenvalue weighted by Crippen LogP contribution is -2.28. The van der Waals surface area contributed by atoms with Gasteiger partial charge in [0.05, 0.1) is 18.0 Å². The van der Waals surface area contributed by atoms with Crippen LogP contribution >= 0.6 is 0 Å². The summed E-state index contributed by atoms with van der Waals surface area (Å²) < 4.78 is 7.26. The molecule has 0 fully saturated rings. The molecule has 0 saturated heterocycles. The fourth-order valence-electron chi connectivity index (χ4n) is 2.48. The first-order valence-corrected chi connectivity index (χ1v) is 6.16. The van der Waals surface area contributed by atoms with Crippen LogP contribution in [0.1, 0.15) is 25.0 Å². The summed E-state index contributed by atoms with van der Waals surface area (Å²) in [5.74, 6) is -0.0842. The number of methoxy groups -OCH3 is 1. The van der Waals surface area contributed by atoms with Crippen LogP contribution in [-0.4, -0.2) is 22.8 Å². The van der Waals surface area contributed by atoms with E-state index >= 15 is 0 Å². The van der Waals surface area contributed by atoms with Crippen molar-refractivity contribution in [3.05, 3.63) is 29.5 Å². The minimum Gasteiger partial charge on any atom is -0.497 e. The first-order valence-electron chi connectivity index (χ1n) is 6.16. The van der Waals surface area contributed by atoms with Crippen molar-refractivity contribution in [2.75, 3.05) is 7.11 Å². The Labute approximate surface area is 112 Å². The molecule has 0 aliphatic rings. The van der Waals surface area contributed by atoms with E-state index in [2.05, 4.69) is 0 Å². The topological polar surface area (TPSA) is 51.5 Å². The smallest absolute Gasteiger partial charge is 0.313 e. The van der Waals surface area contributed by atoms with Crippen molar-refractivity contribution in [3.63, 3.8) is 0 Å². The lowest BCUT2D eigenvalue weighted by molar-refractivity contribution is -0.142. The second-order valence-electron chi connectivity index (χ2n) is 5.42. The molecule has 2 aromatic rings. The number of aliphatic carboxylic acids is 1. The minimum absolute atomic E-state index is 0.749. The molecule has 0 spiro atoms. The molecule has 1 heterocycles. The highest BCUT2D eigenvalue weighted by Crippen LogP contribution is 2.35. The Hall–Kier alpha value is -1.97. The zero-order valence-corrected chi connectivity index (χ0v) is 11.9. The number of hydrogen-bond donors (Lipinski definition) is 1. The van der Waals surface area contributed by atoms with Crippen molar-refractivity contribution in [2.24, 2.45) is 7.05 Å². The predicted molar refractivity (Wildman–Crippen MR) is 74.9 cm³/mol. The van der Waals surface area contributed by atoms with Crippen molar-refractivity contribution in [2.45, 2.75) is 26.2 Å². The van der Waals surface area contributed by atoms with Crippen LogP contribution in [0, 0.1) is 6.92 Å². The van der Waals surface area contributed by atoms with E-state index in [0.717, 1.165) is 27.8 Å². The second-order valence-corrected chi connectivity index (χ2v) is 5.42. The number of benzene rings is 1. The molecule has 0 aliphatic heterocycles. The molecule has 0 atom stereocenters. The van der Waals surface area contributed by atoms with Crippen LogP contribution in [0.2, 0.25) is 0 Å². The van der Waals surface area contributed by atoms with Gasteiger partial charge in [0, 0.05) is 18.6 Å². The SMILES string of the molecule is COc1cc(C)c2c(c1)c(C(C)(C)C(=O)O)cn2C. The summed E-state index contributed by atoms with van der Waals surface area (Å²) in [7, 11) is 3.55. The van der Waals surface area contributed by atoms with Gasteiger partial charge < -0.3 is 14.4 Å². The van der Waals surface area contributed by atoms with Crippen LogP contribution in [-0.2, 0) is 17.3 Å². The minimum atomic E-state index is -0.932. The van der Waals surface area contributed by atoms with Crippen molar-refractivity contribution in [1.82, 2.24) is 4.57 Å². The van der Waals surface area contributed by atoms with Gasteiger partial charge in [-0.2, -0.15) is 0 Å². The van der Waals surface area contributed by atoms with Crippen LogP contribution in [0.25, 0.3) is 10.9 Å². The van der Waals surface area contributed by atoms with Crippen LogP contribution in [0.15, 0.2) is 18.3 Å². The standard InChI is InChI=1S/C15H19NO3/c1-9-6-10(19-5)7-11-12(8-16(4)13(9)11)15(2,3)14(17)18/h6-8H,1-5H3,(H,17,18). The van der Waals surface area contributed by atoms with E-state index in [1.165, 1.54) is 0 Å². The molecule has 1 aromatic heterocycles. The van der Waals surface area contributed by atoms with Crippen molar-refractivity contribution >= 4 is 16.9 Å². The highest BCUT2D eigenvalue weighted by atomic mass is 16.5. The van der Waals surface area contributed by atoms with Gasteiger partial charge in [-0.05, 0) is 44.0 Å². The van der Waals surface area contributed by atoms with Gasteiger partial charge in [-0.1, -0.05) is 0 Å². The third-order valence-electron chi connectivity index (χ3n) is 3.68. The molecule has 2 rings (SSSR count). The first-order chi connectivity index (χ1) is 8.78. The number of aromatic nitrogens is 1. The molecule has 0 amide bonds. The molecule has 0 radical (unpaired) electrons. The molecule has 102 valence electrons. The number of rotatable bonds is 3. The highest BCUT2D eigenvalue weighted by Gasteiger charge is 2.32. The third-order valence-corrected chi connectivity index (χ3v) is 3.68. The Morgan fingerprint density at radius 3 is 2.53 bits per heavy atom. The summed E-state index contributed by atoms with van der Waals surface area (Å²) in [6.45, 7) is 5.44. The molecule has 4 nitrogen and oxygen atoms in total. The van der Waals surface area contributed by atoms with Gasteiger partial charge >= 0.3 is 5.97 Å². The normalized spacial score (nSPS) is 11.8. The van der Waals surface area contributed by atoms with Crippen LogP contribution < -0.4 is 4.74 Å². The molecule has 4 heteroatoms. The molecule has 0 unspecified atom stereocenters. The molecular weight excluding hydrogens is 242 g/mol. The molecule has 0 bridgehead atoms. The Balaban J connectivity index is 2.84. The van der Waals surface area contributed by atoms with Crippen molar-refractivity contribution in [3.8, 4) is 5.75 Å². The number of aryl methyl sites for hydroxylation is 2. The number of hydrogen-bond acceptors (Lipinski definition) is 2. The molecule has 0 saturated carbocycles. The number of carbonyl (C=O) groups is 1. The zero-order chi connectivity index (χ0) is 14.4. The lowest BCUT2D eigenvalue weighted by atomic mass is 9.84. The Kier molecular flexibility index (Phi) is 3.04. The van der Waals surface area contributed by atoms with E-state index in [0.29, 0.717) is 0 Å². The predicted octanol–water partition coefficient (Wildman–Crippen LogP) is 2.86. The maximum atomic E-state index is 11.5. The van der Waals surface area contributed by atoms with E-state index in [4.69, 9.17) is 4.74 Å². The third kappa shape index (κ3) is 1.97. The van der Waals surface area contributed by atoms with Gasteiger partial charge in [-0.3, -0.25) is 4.79 Å². The maximum absolute atomic E-state index is 11.5. The summed E-state index contributed by atoms with van der Waals surface area (Å²) >= 11 is 0. The van der Waals surface area contributed by atoms with Gasteiger partial charge in [0.15, 0.2) is 0 Å². The maximum Gasteiger partial charge on any atom is 0.313 e. The Morgan fingerprint density at radius 2 is 2.00 bits per heavy atom. The van der Waals surface area contributed by atoms with E-state index in [1.54, 1.807) is 21.0 Å². The largest absolute Gasteiger partial charge is 0.497 e. The number of nitrogens with zero attached hydrogens (tertiary/aromatic N) is 1. The quantitative estimate of drug-likeness (QED) is 0.924. The van der Waals surface area contributed by atoms with E-state index in [9.17, 15) is 9.90 Å². The van der Waals surface area contributed by atoms with Gasteiger partial charge in [0.1, 0.15) is 5.75 Å². The number of carboxylic acids is 1. The summed E-state index contributed by atoms with van der Waals surface area (Å²) in [5, 5.41) is 10.4. The zero-order valence-electron chi connectivity index (χ0n) is 11.9. The first kappa shape index (κ1) is 13.5.